The summed E-state index contributed by atoms with van der Waals surface area (Å²) in [5.41, 5.74) is 0. The van der Waals surface area contributed by atoms with Crippen molar-refractivity contribution in [1.82, 2.24) is 15.0 Å². The quantitative estimate of drug-likeness (QED) is 0.891. The molecule has 100 valence electrons. The van der Waals surface area contributed by atoms with Crippen LogP contribution in [-0.4, -0.2) is 34.1 Å². The van der Waals surface area contributed by atoms with Gasteiger partial charge in [0.2, 0.25) is 17.2 Å². The van der Waals surface area contributed by atoms with Crippen molar-refractivity contribution >= 4 is 23.5 Å². The maximum absolute atomic E-state index is 5.97. The Hall–Kier alpha value is -1.10. The second-order valence-electron chi connectivity index (χ2n) is 4.55. The van der Waals surface area contributed by atoms with Crippen LogP contribution in [0.25, 0.3) is 0 Å². The van der Waals surface area contributed by atoms with Crippen LogP contribution >= 0.6 is 11.6 Å². The van der Waals surface area contributed by atoms with Gasteiger partial charge in [-0.1, -0.05) is 13.8 Å². The molecule has 2 heterocycles. The van der Waals surface area contributed by atoms with Crippen LogP contribution in [0.3, 0.4) is 0 Å². The van der Waals surface area contributed by atoms with Crippen molar-refractivity contribution < 1.29 is 0 Å². The zero-order chi connectivity index (χ0) is 13.0. The highest BCUT2D eigenvalue weighted by molar-refractivity contribution is 6.28. The number of rotatable bonds is 5. The van der Waals surface area contributed by atoms with Crippen LogP contribution in [0.2, 0.25) is 5.28 Å². The molecule has 1 aliphatic rings. The molecule has 1 atom stereocenters. The van der Waals surface area contributed by atoms with Gasteiger partial charge in [0, 0.05) is 19.1 Å². The lowest BCUT2D eigenvalue weighted by Crippen LogP contribution is -2.30. The second-order valence-corrected chi connectivity index (χ2v) is 4.89. The molecule has 0 bridgehead atoms. The summed E-state index contributed by atoms with van der Waals surface area (Å²) in [6.45, 7) is 6.15. The van der Waals surface area contributed by atoms with Crippen LogP contribution in [0.5, 0.6) is 0 Å². The number of nitrogens with one attached hydrogen (secondary N) is 1. The Morgan fingerprint density at radius 2 is 2.17 bits per heavy atom. The number of hydrogen-bond acceptors (Lipinski definition) is 5. The SMILES string of the molecule is CCCNc1nc(Cl)nc(N2CCCC2CC)n1. The minimum Gasteiger partial charge on any atom is -0.354 e. The van der Waals surface area contributed by atoms with Crippen LogP contribution in [0.4, 0.5) is 11.9 Å². The lowest BCUT2D eigenvalue weighted by Gasteiger charge is -2.23. The molecule has 1 unspecified atom stereocenters. The first-order chi connectivity index (χ1) is 8.74. The van der Waals surface area contributed by atoms with E-state index >= 15 is 0 Å². The Balaban J connectivity index is 2.18. The van der Waals surface area contributed by atoms with Crippen molar-refractivity contribution in [3.05, 3.63) is 5.28 Å². The van der Waals surface area contributed by atoms with E-state index in [1.807, 2.05) is 0 Å². The van der Waals surface area contributed by atoms with E-state index in [0.717, 1.165) is 25.9 Å². The van der Waals surface area contributed by atoms with Crippen molar-refractivity contribution in [2.24, 2.45) is 0 Å². The largest absolute Gasteiger partial charge is 0.354 e. The van der Waals surface area contributed by atoms with Gasteiger partial charge in [-0.25, -0.2) is 0 Å². The Morgan fingerprint density at radius 1 is 1.33 bits per heavy atom. The molecule has 0 saturated carbocycles. The second kappa shape index (κ2) is 6.18. The van der Waals surface area contributed by atoms with Gasteiger partial charge in [0.1, 0.15) is 0 Å². The van der Waals surface area contributed by atoms with E-state index in [9.17, 15) is 0 Å². The molecule has 5 nitrogen and oxygen atoms in total. The molecule has 0 amide bonds. The summed E-state index contributed by atoms with van der Waals surface area (Å²) in [6, 6.07) is 0.530. The Bertz CT molecular complexity index is 398. The van der Waals surface area contributed by atoms with Gasteiger partial charge < -0.3 is 10.2 Å². The molecule has 1 fully saturated rings. The van der Waals surface area contributed by atoms with Gasteiger partial charge in [-0.2, -0.15) is 15.0 Å². The van der Waals surface area contributed by atoms with Crippen LogP contribution in [0, 0.1) is 0 Å². The van der Waals surface area contributed by atoms with Gasteiger partial charge in [-0.15, -0.1) is 0 Å². The lowest BCUT2D eigenvalue weighted by molar-refractivity contribution is 0.633. The van der Waals surface area contributed by atoms with Crippen molar-refractivity contribution in [2.75, 3.05) is 23.3 Å². The number of halogens is 1. The van der Waals surface area contributed by atoms with Crippen molar-refractivity contribution in [2.45, 2.75) is 45.6 Å². The molecular formula is C12H20ClN5. The molecule has 1 N–H and O–H groups in total. The van der Waals surface area contributed by atoms with Crippen LogP contribution in [-0.2, 0) is 0 Å². The van der Waals surface area contributed by atoms with E-state index in [4.69, 9.17) is 11.6 Å². The predicted molar refractivity (Wildman–Crippen MR) is 74.3 cm³/mol. The van der Waals surface area contributed by atoms with E-state index in [-0.39, 0.29) is 5.28 Å². The zero-order valence-electron chi connectivity index (χ0n) is 11.0. The lowest BCUT2D eigenvalue weighted by atomic mass is 10.2. The highest BCUT2D eigenvalue weighted by Gasteiger charge is 2.25. The highest BCUT2D eigenvalue weighted by Crippen LogP contribution is 2.25. The van der Waals surface area contributed by atoms with Gasteiger partial charge in [-0.05, 0) is 37.3 Å². The standard InChI is InChI=1S/C12H20ClN5/c1-3-7-14-11-15-10(13)16-12(17-11)18-8-5-6-9(18)4-2/h9H,3-8H2,1-2H3,(H,14,15,16,17). The molecule has 2 rings (SSSR count). The minimum absolute atomic E-state index is 0.264. The Labute approximate surface area is 113 Å². The average Bonchev–Trinajstić information content (AvgIpc) is 2.84. The van der Waals surface area contributed by atoms with Gasteiger partial charge in [0.25, 0.3) is 0 Å². The van der Waals surface area contributed by atoms with E-state index in [0.29, 0.717) is 17.9 Å². The van der Waals surface area contributed by atoms with Crippen LogP contribution in [0.15, 0.2) is 0 Å². The molecular weight excluding hydrogens is 250 g/mol. The molecule has 1 aromatic heterocycles. The summed E-state index contributed by atoms with van der Waals surface area (Å²) in [7, 11) is 0. The minimum atomic E-state index is 0.264. The maximum atomic E-state index is 5.97. The monoisotopic (exact) mass is 269 g/mol. The fourth-order valence-corrected chi connectivity index (χ4v) is 2.46. The molecule has 0 aliphatic carbocycles. The summed E-state index contributed by atoms with van der Waals surface area (Å²) in [4.78, 5) is 15.1. The number of aromatic nitrogens is 3. The van der Waals surface area contributed by atoms with E-state index in [2.05, 4.69) is 39.0 Å². The molecule has 1 aliphatic heterocycles. The van der Waals surface area contributed by atoms with E-state index < -0.39 is 0 Å². The van der Waals surface area contributed by atoms with Gasteiger partial charge in [0.05, 0.1) is 0 Å². The highest BCUT2D eigenvalue weighted by atomic mass is 35.5. The Kier molecular flexibility index (Phi) is 4.58. The first-order valence-corrected chi connectivity index (χ1v) is 7.04. The normalized spacial score (nSPS) is 19.3. The van der Waals surface area contributed by atoms with Crippen molar-refractivity contribution in [1.29, 1.82) is 0 Å². The van der Waals surface area contributed by atoms with Gasteiger partial charge >= 0.3 is 0 Å². The van der Waals surface area contributed by atoms with Crippen molar-refractivity contribution in [3.8, 4) is 0 Å². The van der Waals surface area contributed by atoms with Crippen LogP contribution in [0.1, 0.15) is 39.5 Å². The maximum Gasteiger partial charge on any atom is 0.231 e. The number of anilines is 2. The summed E-state index contributed by atoms with van der Waals surface area (Å²) in [5.74, 6) is 1.28. The topological polar surface area (TPSA) is 53.9 Å². The third-order valence-electron chi connectivity index (χ3n) is 3.23. The molecule has 0 aromatic carbocycles. The fraction of sp³-hybridized carbons (Fsp3) is 0.750. The molecule has 1 saturated heterocycles. The third kappa shape index (κ3) is 3.02. The van der Waals surface area contributed by atoms with E-state index in [1.165, 1.54) is 12.8 Å². The molecule has 0 radical (unpaired) electrons. The smallest absolute Gasteiger partial charge is 0.231 e. The summed E-state index contributed by atoms with van der Waals surface area (Å²) in [5, 5.41) is 3.42. The number of hydrogen-bond donors (Lipinski definition) is 1. The average molecular weight is 270 g/mol. The fourth-order valence-electron chi connectivity index (χ4n) is 2.31. The molecule has 0 spiro atoms. The third-order valence-corrected chi connectivity index (χ3v) is 3.40. The molecule has 1 aromatic rings. The molecule has 18 heavy (non-hydrogen) atoms. The zero-order valence-corrected chi connectivity index (χ0v) is 11.7. The summed E-state index contributed by atoms with van der Waals surface area (Å²) >= 11 is 5.97. The predicted octanol–water partition coefficient (Wildman–Crippen LogP) is 2.73. The Morgan fingerprint density at radius 3 is 2.89 bits per heavy atom. The van der Waals surface area contributed by atoms with E-state index in [1.54, 1.807) is 0 Å². The van der Waals surface area contributed by atoms with Gasteiger partial charge in [-0.3, -0.25) is 0 Å². The first kappa shape index (κ1) is 13.3. The summed E-state index contributed by atoms with van der Waals surface area (Å²) < 4.78 is 0. The number of nitrogens with zero attached hydrogens (tertiary/aromatic N) is 4. The van der Waals surface area contributed by atoms with Crippen LogP contribution < -0.4 is 10.2 Å². The summed E-state index contributed by atoms with van der Waals surface area (Å²) in [6.07, 6.45) is 4.54. The van der Waals surface area contributed by atoms with Gasteiger partial charge in [0.15, 0.2) is 0 Å². The first-order valence-electron chi connectivity index (χ1n) is 6.66. The molecule has 6 heteroatoms. The van der Waals surface area contributed by atoms with Crippen molar-refractivity contribution in [3.63, 3.8) is 0 Å².